The van der Waals surface area contributed by atoms with Gasteiger partial charge in [-0.25, -0.2) is 0 Å². The Kier molecular flexibility index (Phi) is 5.24. The molecule has 1 N–H and O–H groups in total. The Hall–Kier alpha value is -1.05. The summed E-state index contributed by atoms with van der Waals surface area (Å²) in [5.41, 5.74) is 4.40. The molecule has 0 spiro atoms. The molecule has 2 nitrogen and oxygen atoms in total. The molecule has 0 aromatic rings. The molecule has 2 unspecified atom stereocenters. The summed E-state index contributed by atoms with van der Waals surface area (Å²) in [6.45, 7) is 4.36. The first-order valence-corrected chi connectivity index (χ1v) is 7.87. The summed E-state index contributed by atoms with van der Waals surface area (Å²) in [4.78, 5) is 4.42. The van der Waals surface area contributed by atoms with Gasteiger partial charge >= 0.3 is 0 Å². The molecular formula is C17H28N2. The number of fused-ring (bicyclic) bond motifs is 1. The van der Waals surface area contributed by atoms with Crippen LogP contribution in [0.3, 0.4) is 0 Å². The smallest absolute Gasteiger partial charge is 0.0296 e. The first-order valence-electron chi connectivity index (χ1n) is 7.87. The highest BCUT2D eigenvalue weighted by atomic mass is 14.8. The van der Waals surface area contributed by atoms with E-state index in [2.05, 4.69) is 37.4 Å². The minimum Gasteiger partial charge on any atom is -0.391 e. The van der Waals surface area contributed by atoms with Crippen molar-refractivity contribution < 1.29 is 0 Å². The Morgan fingerprint density at radius 1 is 1.32 bits per heavy atom. The summed E-state index contributed by atoms with van der Waals surface area (Å²) in [7, 11) is 2.07. The fourth-order valence-corrected chi connectivity index (χ4v) is 3.75. The fraction of sp³-hybridized carbons (Fsp3) is 0.706. The molecule has 2 heteroatoms. The number of aliphatic imine (C=N–C) groups is 1. The second-order valence-corrected chi connectivity index (χ2v) is 5.88. The van der Waals surface area contributed by atoms with Crippen molar-refractivity contribution in [1.29, 1.82) is 0 Å². The summed E-state index contributed by atoms with van der Waals surface area (Å²) < 4.78 is 0. The fourth-order valence-electron chi connectivity index (χ4n) is 3.75. The third-order valence-corrected chi connectivity index (χ3v) is 4.65. The van der Waals surface area contributed by atoms with Crippen molar-refractivity contribution in [2.45, 2.75) is 58.8 Å². The minimum absolute atomic E-state index is 0.776. The maximum Gasteiger partial charge on any atom is 0.0296 e. The molecule has 0 aromatic heterocycles. The Morgan fingerprint density at radius 3 is 2.84 bits per heavy atom. The lowest BCUT2D eigenvalue weighted by atomic mass is 9.68. The summed E-state index contributed by atoms with van der Waals surface area (Å²) in [5.74, 6) is 1.69. The number of allylic oxidation sites excluding steroid dienone is 3. The van der Waals surface area contributed by atoms with Crippen LogP contribution in [0.25, 0.3) is 0 Å². The van der Waals surface area contributed by atoms with Gasteiger partial charge in [0.2, 0.25) is 0 Å². The highest BCUT2D eigenvalue weighted by molar-refractivity contribution is 5.58. The zero-order valence-electron chi connectivity index (χ0n) is 12.7. The SMILES string of the molecule is CCC=N/C=C(\C)C1=C(NC)CCC2CCCCC12. The van der Waals surface area contributed by atoms with Crippen molar-refractivity contribution in [3.63, 3.8) is 0 Å². The molecule has 2 aliphatic rings. The zero-order chi connectivity index (χ0) is 13.7. The topological polar surface area (TPSA) is 24.4 Å². The Labute approximate surface area is 118 Å². The maximum atomic E-state index is 4.42. The van der Waals surface area contributed by atoms with E-state index in [-0.39, 0.29) is 0 Å². The van der Waals surface area contributed by atoms with E-state index in [1.165, 1.54) is 49.8 Å². The molecule has 0 saturated heterocycles. The van der Waals surface area contributed by atoms with Gasteiger partial charge in [0.1, 0.15) is 0 Å². The van der Waals surface area contributed by atoms with Crippen LogP contribution in [-0.4, -0.2) is 13.3 Å². The van der Waals surface area contributed by atoms with E-state index in [4.69, 9.17) is 0 Å². The largest absolute Gasteiger partial charge is 0.391 e. The standard InChI is InChI=1S/C17H28N2/c1-4-11-19-12-13(2)17-15-8-6-5-7-14(15)9-10-16(17)18-3/h11-12,14-15,18H,4-10H2,1-3H3/b13-12+,19-11?. The first kappa shape index (κ1) is 14.4. The molecule has 0 aromatic carbocycles. The normalized spacial score (nSPS) is 28.7. The molecule has 0 radical (unpaired) electrons. The van der Waals surface area contributed by atoms with Crippen LogP contribution in [0.2, 0.25) is 0 Å². The maximum absolute atomic E-state index is 4.42. The molecule has 2 aliphatic carbocycles. The van der Waals surface area contributed by atoms with Crippen molar-refractivity contribution in [1.82, 2.24) is 5.32 Å². The molecule has 2 rings (SSSR count). The Morgan fingerprint density at radius 2 is 2.11 bits per heavy atom. The van der Waals surface area contributed by atoms with Crippen LogP contribution in [0.4, 0.5) is 0 Å². The van der Waals surface area contributed by atoms with Crippen LogP contribution < -0.4 is 5.32 Å². The van der Waals surface area contributed by atoms with Gasteiger partial charge in [-0.05, 0) is 62.0 Å². The number of hydrogen-bond donors (Lipinski definition) is 1. The van der Waals surface area contributed by atoms with Crippen molar-refractivity contribution in [3.05, 3.63) is 23.0 Å². The van der Waals surface area contributed by atoms with Gasteiger partial charge in [0.25, 0.3) is 0 Å². The minimum atomic E-state index is 0.776. The Bertz CT molecular complexity index is 390. The number of hydrogen-bond acceptors (Lipinski definition) is 2. The monoisotopic (exact) mass is 260 g/mol. The molecule has 0 aliphatic heterocycles. The van der Waals surface area contributed by atoms with E-state index in [0.29, 0.717) is 0 Å². The molecule has 0 bridgehead atoms. The van der Waals surface area contributed by atoms with Crippen LogP contribution >= 0.6 is 0 Å². The summed E-state index contributed by atoms with van der Waals surface area (Å²) in [6.07, 6.45) is 13.3. The molecule has 106 valence electrons. The number of rotatable bonds is 4. The summed E-state index contributed by atoms with van der Waals surface area (Å²) in [6, 6.07) is 0. The molecule has 0 amide bonds. The highest BCUT2D eigenvalue weighted by Gasteiger charge is 2.33. The molecule has 1 saturated carbocycles. The lowest BCUT2D eigenvalue weighted by molar-refractivity contribution is 0.241. The molecule has 0 heterocycles. The van der Waals surface area contributed by atoms with E-state index in [1.54, 1.807) is 5.57 Å². The van der Waals surface area contributed by atoms with Gasteiger partial charge < -0.3 is 5.32 Å². The number of nitrogens with zero attached hydrogens (tertiary/aromatic N) is 1. The van der Waals surface area contributed by atoms with Gasteiger partial charge in [0, 0.05) is 25.2 Å². The van der Waals surface area contributed by atoms with Gasteiger partial charge in [0.05, 0.1) is 0 Å². The summed E-state index contributed by atoms with van der Waals surface area (Å²) >= 11 is 0. The lowest BCUT2D eigenvalue weighted by Crippen LogP contribution is -2.29. The zero-order valence-corrected chi connectivity index (χ0v) is 12.7. The third-order valence-electron chi connectivity index (χ3n) is 4.65. The van der Waals surface area contributed by atoms with Crippen LogP contribution in [0, 0.1) is 11.8 Å². The van der Waals surface area contributed by atoms with Gasteiger partial charge in [-0.3, -0.25) is 4.99 Å². The third kappa shape index (κ3) is 3.29. The average molecular weight is 260 g/mol. The first-order chi connectivity index (χ1) is 9.27. The van der Waals surface area contributed by atoms with E-state index in [1.807, 2.05) is 6.21 Å². The van der Waals surface area contributed by atoms with Gasteiger partial charge in [-0.1, -0.05) is 19.8 Å². The van der Waals surface area contributed by atoms with Crippen LogP contribution in [0.1, 0.15) is 58.8 Å². The highest BCUT2D eigenvalue weighted by Crippen LogP contribution is 2.45. The van der Waals surface area contributed by atoms with Gasteiger partial charge in [0.15, 0.2) is 0 Å². The van der Waals surface area contributed by atoms with E-state index in [9.17, 15) is 0 Å². The molecule has 2 atom stereocenters. The van der Waals surface area contributed by atoms with E-state index < -0.39 is 0 Å². The predicted molar refractivity (Wildman–Crippen MR) is 83.3 cm³/mol. The molecule has 19 heavy (non-hydrogen) atoms. The van der Waals surface area contributed by atoms with Crippen LogP contribution in [0.15, 0.2) is 28.0 Å². The van der Waals surface area contributed by atoms with Crippen molar-refractivity contribution in [2.75, 3.05) is 7.05 Å². The Balaban J connectivity index is 2.27. The lowest BCUT2D eigenvalue weighted by Gasteiger charge is -2.39. The van der Waals surface area contributed by atoms with Crippen LogP contribution in [0.5, 0.6) is 0 Å². The van der Waals surface area contributed by atoms with Crippen molar-refractivity contribution in [3.8, 4) is 0 Å². The van der Waals surface area contributed by atoms with E-state index in [0.717, 1.165) is 18.3 Å². The number of nitrogens with one attached hydrogen (secondary N) is 1. The van der Waals surface area contributed by atoms with Crippen molar-refractivity contribution in [2.24, 2.45) is 16.8 Å². The van der Waals surface area contributed by atoms with Crippen molar-refractivity contribution >= 4 is 6.21 Å². The van der Waals surface area contributed by atoms with Gasteiger partial charge in [-0.15, -0.1) is 0 Å². The van der Waals surface area contributed by atoms with Gasteiger partial charge in [-0.2, -0.15) is 0 Å². The average Bonchev–Trinajstić information content (AvgIpc) is 2.46. The van der Waals surface area contributed by atoms with Crippen LogP contribution in [-0.2, 0) is 0 Å². The quantitative estimate of drug-likeness (QED) is 0.742. The second kappa shape index (κ2) is 6.93. The molecule has 1 fully saturated rings. The predicted octanol–water partition coefficient (Wildman–Crippen LogP) is 4.44. The molecular weight excluding hydrogens is 232 g/mol. The van der Waals surface area contributed by atoms with E-state index >= 15 is 0 Å². The second-order valence-electron chi connectivity index (χ2n) is 5.88. The summed E-state index contributed by atoms with van der Waals surface area (Å²) in [5, 5.41) is 3.45.